The molecule has 4 rings (SSSR count). The third-order valence-corrected chi connectivity index (χ3v) is 5.79. The molecule has 7 heteroatoms. The highest BCUT2D eigenvalue weighted by molar-refractivity contribution is 7.13. The molecule has 1 N–H and O–H groups in total. The first kappa shape index (κ1) is 19.4. The van der Waals surface area contributed by atoms with E-state index in [2.05, 4.69) is 50.6 Å². The first-order chi connectivity index (χ1) is 14.3. The van der Waals surface area contributed by atoms with Crippen LogP contribution in [0.4, 0.5) is 5.82 Å². The number of benzene rings is 1. The molecule has 150 valence electrons. The van der Waals surface area contributed by atoms with Gasteiger partial charge in [-0.15, -0.1) is 11.3 Å². The van der Waals surface area contributed by atoms with E-state index in [0.717, 1.165) is 60.8 Å². The number of guanidine groups is 1. The summed E-state index contributed by atoms with van der Waals surface area (Å²) in [4.78, 5) is 18.7. The van der Waals surface area contributed by atoms with Crippen LogP contribution >= 0.6 is 11.3 Å². The Morgan fingerprint density at radius 1 is 1.07 bits per heavy atom. The molecular weight excluding hydrogens is 380 g/mol. The number of aromatic nitrogens is 2. The fourth-order valence-electron chi connectivity index (χ4n) is 3.36. The third-order valence-electron chi connectivity index (χ3n) is 4.85. The summed E-state index contributed by atoms with van der Waals surface area (Å²) in [5.41, 5.74) is 2.17. The largest absolute Gasteiger partial charge is 0.357 e. The smallest absolute Gasteiger partial charge is 0.194 e. The highest BCUT2D eigenvalue weighted by Gasteiger charge is 2.20. The maximum absolute atomic E-state index is 4.85. The van der Waals surface area contributed by atoms with Gasteiger partial charge in [0.15, 0.2) is 5.96 Å². The van der Waals surface area contributed by atoms with Gasteiger partial charge in [0.05, 0.1) is 12.2 Å². The van der Waals surface area contributed by atoms with E-state index in [4.69, 9.17) is 9.98 Å². The second-order valence-electron chi connectivity index (χ2n) is 6.84. The molecule has 0 aliphatic carbocycles. The zero-order chi connectivity index (χ0) is 19.9. The highest BCUT2D eigenvalue weighted by Crippen LogP contribution is 2.23. The van der Waals surface area contributed by atoms with Crippen molar-refractivity contribution in [2.24, 2.45) is 4.99 Å². The molecule has 2 aromatic heterocycles. The fraction of sp³-hybridized carbons (Fsp3) is 0.318. The van der Waals surface area contributed by atoms with Crippen molar-refractivity contribution in [1.29, 1.82) is 0 Å². The predicted molar refractivity (Wildman–Crippen MR) is 120 cm³/mol. The summed E-state index contributed by atoms with van der Waals surface area (Å²) in [6.45, 7) is 7.28. The molecule has 1 fully saturated rings. The first-order valence-corrected chi connectivity index (χ1v) is 10.9. The molecule has 0 saturated carbocycles. The molecule has 0 atom stereocenters. The van der Waals surface area contributed by atoms with Crippen LogP contribution in [0.15, 0.2) is 65.1 Å². The monoisotopic (exact) mass is 406 g/mol. The van der Waals surface area contributed by atoms with Gasteiger partial charge in [0.25, 0.3) is 0 Å². The summed E-state index contributed by atoms with van der Waals surface area (Å²) in [6.07, 6.45) is 1.85. The SMILES string of the molecule is CCNC(=NCc1csc(-c2ccccc2)n1)N1CCN(c2ccccn2)CC1. The van der Waals surface area contributed by atoms with Crippen molar-refractivity contribution in [3.8, 4) is 10.6 Å². The molecule has 0 spiro atoms. The van der Waals surface area contributed by atoms with E-state index >= 15 is 0 Å². The van der Waals surface area contributed by atoms with Gasteiger partial charge < -0.3 is 15.1 Å². The zero-order valence-corrected chi connectivity index (χ0v) is 17.5. The van der Waals surface area contributed by atoms with Crippen LogP contribution < -0.4 is 10.2 Å². The molecule has 6 nitrogen and oxygen atoms in total. The van der Waals surface area contributed by atoms with E-state index < -0.39 is 0 Å². The molecule has 1 aromatic carbocycles. The lowest BCUT2D eigenvalue weighted by Crippen LogP contribution is -2.52. The van der Waals surface area contributed by atoms with Crippen LogP contribution in [-0.4, -0.2) is 53.6 Å². The van der Waals surface area contributed by atoms with Crippen molar-refractivity contribution < 1.29 is 0 Å². The Bertz CT molecular complexity index is 917. The Morgan fingerprint density at radius 2 is 1.86 bits per heavy atom. The standard InChI is InChI=1S/C22H26N6S/c1-2-23-22(28-14-12-27(13-15-28)20-10-6-7-11-24-20)25-16-19-17-29-21(26-19)18-8-4-3-5-9-18/h3-11,17H,2,12-16H2,1H3,(H,23,25). The van der Waals surface area contributed by atoms with Crippen molar-refractivity contribution in [2.45, 2.75) is 13.5 Å². The van der Waals surface area contributed by atoms with Gasteiger partial charge in [-0.25, -0.2) is 15.0 Å². The van der Waals surface area contributed by atoms with E-state index in [-0.39, 0.29) is 0 Å². The van der Waals surface area contributed by atoms with Crippen molar-refractivity contribution in [3.05, 3.63) is 65.8 Å². The second kappa shape index (κ2) is 9.52. The first-order valence-electron chi connectivity index (χ1n) is 10.0. The molecule has 0 bridgehead atoms. The van der Waals surface area contributed by atoms with Gasteiger partial charge in [0, 0.05) is 49.9 Å². The fourth-order valence-corrected chi connectivity index (χ4v) is 4.18. The molecule has 3 heterocycles. The van der Waals surface area contributed by atoms with Crippen molar-refractivity contribution in [3.63, 3.8) is 0 Å². The van der Waals surface area contributed by atoms with Gasteiger partial charge in [0.1, 0.15) is 10.8 Å². The second-order valence-corrected chi connectivity index (χ2v) is 7.70. The number of rotatable bonds is 5. The van der Waals surface area contributed by atoms with Gasteiger partial charge in [-0.3, -0.25) is 0 Å². The number of thiazole rings is 1. The third kappa shape index (κ3) is 4.92. The number of nitrogens with zero attached hydrogens (tertiary/aromatic N) is 5. The average Bonchev–Trinajstić information content (AvgIpc) is 3.27. The number of aliphatic imine (C=N–C) groups is 1. The van der Waals surface area contributed by atoms with E-state index in [0.29, 0.717) is 6.54 Å². The van der Waals surface area contributed by atoms with Crippen molar-refractivity contribution in [1.82, 2.24) is 20.2 Å². The van der Waals surface area contributed by atoms with Crippen LogP contribution in [0.1, 0.15) is 12.6 Å². The topological polar surface area (TPSA) is 56.7 Å². The predicted octanol–water partition coefficient (Wildman–Crippen LogP) is 3.49. The van der Waals surface area contributed by atoms with Gasteiger partial charge in [-0.05, 0) is 19.1 Å². The van der Waals surface area contributed by atoms with Crippen LogP contribution in [0.2, 0.25) is 0 Å². The summed E-state index contributed by atoms with van der Waals surface area (Å²) in [6, 6.07) is 16.4. The lowest BCUT2D eigenvalue weighted by Gasteiger charge is -2.37. The van der Waals surface area contributed by atoms with E-state index in [1.165, 1.54) is 0 Å². The average molecular weight is 407 g/mol. The van der Waals surface area contributed by atoms with Gasteiger partial charge >= 0.3 is 0 Å². The molecule has 29 heavy (non-hydrogen) atoms. The Labute approximate surface area is 176 Å². The van der Waals surface area contributed by atoms with Crippen LogP contribution in [0, 0.1) is 0 Å². The summed E-state index contributed by atoms with van der Waals surface area (Å²) in [5.74, 6) is 2.01. The maximum Gasteiger partial charge on any atom is 0.194 e. The van der Waals surface area contributed by atoms with Crippen LogP contribution in [-0.2, 0) is 6.54 Å². The normalized spacial score (nSPS) is 14.9. The Balaban J connectivity index is 1.39. The number of piperazine rings is 1. The zero-order valence-electron chi connectivity index (χ0n) is 16.7. The summed E-state index contributed by atoms with van der Waals surface area (Å²) < 4.78 is 0. The van der Waals surface area contributed by atoms with Crippen LogP contribution in [0.3, 0.4) is 0 Å². The van der Waals surface area contributed by atoms with E-state index in [1.54, 1.807) is 11.3 Å². The quantitative estimate of drug-likeness (QED) is 0.519. The number of anilines is 1. The number of hydrogen-bond acceptors (Lipinski definition) is 5. The lowest BCUT2D eigenvalue weighted by atomic mass is 10.2. The molecule has 0 amide bonds. The minimum Gasteiger partial charge on any atom is -0.357 e. The minimum absolute atomic E-state index is 0.589. The molecular formula is C22H26N6S. The molecule has 1 saturated heterocycles. The molecule has 0 radical (unpaired) electrons. The summed E-state index contributed by atoms with van der Waals surface area (Å²) >= 11 is 1.67. The molecule has 3 aromatic rings. The molecule has 1 aliphatic heterocycles. The van der Waals surface area contributed by atoms with Crippen molar-refractivity contribution in [2.75, 3.05) is 37.6 Å². The van der Waals surface area contributed by atoms with Crippen molar-refractivity contribution >= 4 is 23.1 Å². The summed E-state index contributed by atoms with van der Waals surface area (Å²) in [5, 5.41) is 6.58. The molecule has 0 unspecified atom stereocenters. The van der Waals surface area contributed by atoms with Gasteiger partial charge in [0.2, 0.25) is 0 Å². The minimum atomic E-state index is 0.589. The number of nitrogens with one attached hydrogen (secondary N) is 1. The summed E-state index contributed by atoms with van der Waals surface area (Å²) in [7, 11) is 0. The maximum atomic E-state index is 4.85. The van der Waals surface area contributed by atoms with E-state index in [1.807, 2.05) is 36.5 Å². The lowest BCUT2D eigenvalue weighted by molar-refractivity contribution is 0.371. The Hall–Kier alpha value is -2.93. The van der Waals surface area contributed by atoms with Crippen LogP contribution in [0.5, 0.6) is 0 Å². The van der Waals surface area contributed by atoms with E-state index in [9.17, 15) is 0 Å². The Kier molecular flexibility index (Phi) is 6.36. The highest BCUT2D eigenvalue weighted by atomic mass is 32.1. The number of hydrogen-bond donors (Lipinski definition) is 1. The van der Waals surface area contributed by atoms with Gasteiger partial charge in [-0.1, -0.05) is 36.4 Å². The molecule has 1 aliphatic rings. The Morgan fingerprint density at radius 3 is 2.59 bits per heavy atom. The van der Waals surface area contributed by atoms with Crippen LogP contribution in [0.25, 0.3) is 10.6 Å². The van der Waals surface area contributed by atoms with Gasteiger partial charge in [-0.2, -0.15) is 0 Å². The number of pyridine rings is 1.